The van der Waals surface area contributed by atoms with Gasteiger partial charge >= 0.3 is 0 Å². The van der Waals surface area contributed by atoms with Crippen molar-refractivity contribution >= 4 is 10.9 Å². The highest BCUT2D eigenvalue weighted by Gasteiger charge is 2.04. The first-order valence-electron chi connectivity index (χ1n) is 6.77. The van der Waals surface area contributed by atoms with Gasteiger partial charge in [-0.1, -0.05) is 24.3 Å². The van der Waals surface area contributed by atoms with Gasteiger partial charge in [-0.2, -0.15) is 5.10 Å². The van der Waals surface area contributed by atoms with Crippen LogP contribution in [0.4, 0.5) is 0 Å². The van der Waals surface area contributed by atoms with E-state index in [1.807, 2.05) is 30.9 Å². The van der Waals surface area contributed by atoms with Gasteiger partial charge in [0.1, 0.15) is 0 Å². The number of benzene rings is 1. The van der Waals surface area contributed by atoms with Gasteiger partial charge in [0, 0.05) is 31.7 Å². The highest BCUT2D eigenvalue weighted by atomic mass is 15.3. The fraction of sp³-hybridized carbons (Fsp3) is 0.250. The van der Waals surface area contributed by atoms with Gasteiger partial charge in [0.2, 0.25) is 0 Å². The molecule has 0 bridgehead atoms. The molecule has 0 unspecified atom stereocenters. The van der Waals surface area contributed by atoms with Gasteiger partial charge in [0.05, 0.1) is 16.9 Å². The van der Waals surface area contributed by atoms with Crippen LogP contribution in [0.15, 0.2) is 42.6 Å². The summed E-state index contributed by atoms with van der Waals surface area (Å²) in [6.45, 7) is 3.62. The third-order valence-corrected chi connectivity index (χ3v) is 3.44. The number of aryl methyl sites for hydroxylation is 2. The predicted molar refractivity (Wildman–Crippen MR) is 80.2 cm³/mol. The maximum Gasteiger partial charge on any atom is 0.0746 e. The SMILES string of the molecule is Cc1cc(CNCc2cccc3cccnc23)n(C)n1. The van der Waals surface area contributed by atoms with Crippen LogP contribution in [0.3, 0.4) is 0 Å². The Hall–Kier alpha value is -2.20. The molecule has 4 nitrogen and oxygen atoms in total. The van der Waals surface area contributed by atoms with E-state index in [0.717, 1.165) is 24.3 Å². The van der Waals surface area contributed by atoms with Gasteiger partial charge in [-0.15, -0.1) is 0 Å². The summed E-state index contributed by atoms with van der Waals surface area (Å²) in [6, 6.07) is 12.5. The lowest BCUT2D eigenvalue weighted by molar-refractivity contribution is 0.626. The molecule has 0 saturated heterocycles. The number of nitrogens with zero attached hydrogens (tertiary/aromatic N) is 3. The number of rotatable bonds is 4. The van der Waals surface area contributed by atoms with Gasteiger partial charge in [0.25, 0.3) is 0 Å². The second-order valence-corrected chi connectivity index (χ2v) is 5.00. The molecule has 3 aromatic rings. The third kappa shape index (κ3) is 2.56. The molecule has 2 aromatic heterocycles. The number of fused-ring (bicyclic) bond motifs is 1. The first-order chi connectivity index (χ1) is 9.74. The zero-order valence-electron chi connectivity index (χ0n) is 11.8. The zero-order valence-corrected chi connectivity index (χ0v) is 11.8. The average Bonchev–Trinajstić information content (AvgIpc) is 2.77. The Morgan fingerprint density at radius 3 is 2.80 bits per heavy atom. The molecular weight excluding hydrogens is 248 g/mol. The van der Waals surface area contributed by atoms with Crippen LogP contribution in [0.2, 0.25) is 0 Å². The van der Waals surface area contributed by atoms with Crippen molar-refractivity contribution in [1.82, 2.24) is 20.1 Å². The van der Waals surface area contributed by atoms with E-state index in [9.17, 15) is 0 Å². The van der Waals surface area contributed by atoms with Crippen LogP contribution in [0, 0.1) is 6.92 Å². The molecular formula is C16H18N4. The van der Waals surface area contributed by atoms with Crippen molar-refractivity contribution in [1.29, 1.82) is 0 Å². The summed E-state index contributed by atoms with van der Waals surface area (Å²) in [5, 5.41) is 9.00. The normalized spacial score (nSPS) is 11.1. The van der Waals surface area contributed by atoms with Crippen molar-refractivity contribution in [3.05, 3.63) is 59.5 Å². The Labute approximate surface area is 118 Å². The smallest absolute Gasteiger partial charge is 0.0746 e. The minimum absolute atomic E-state index is 0.804. The average molecular weight is 266 g/mol. The molecule has 0 radical (unpaired) electrons. The molecule has 102 valence electrons. The van der Waals surface area contributed by atoms with Crippen LogP contribution in [-0.4, -0.2) is 14.8 Å². The Kier molecular flexibility index (Phi) is 3.48. The molecule has 20 heavy (non-hydrogen) atoms. The molecule has 0 spiro atoms. The summed E-state index contributed by atoms with van der Waals surface area (Å²) in [7, 11) is 1.98. The molecule has 0 amide bonds. The summed E-state index contributed by atoms with van der Waals surface area (Å²) in [4.78, 5) is 4.47. The molecule has 0 aliphatic heterocycles. The molecule has 0 aliphatic rings. The van der Waals surface area contributed by atoms with E-state index in [1.54, 1.807) is 0 Å². The quantitative estimate of drug-likeness (QED) is 0.789. The van der Waals surface area contributed by atoms with Crippen molar-refractivity contribution in [2.24, 2.45) is 7.05 Å². The molecule has 2 heterocycles. The van der Waals surface area contributed by atoms with Crippen LogP contribution < -0.4 is 5.32 Å². The lowest BCUT2D eigenvalue weighted by Crippen LogP contribution is -2.15. The lowest BCUT2D eigenvalue weighted by atomic mass is 10.1. The number of aromatic nitrogens is 3. The van der Waals surface area contributed by atoms with Crippen LogP contribution in [0.25, 0.3) is 10.9 Å². The first-order valence-corrected chi connectivity index (χ1v) is 6.77. The van der Waals surface area contributed by atoms with E-state index in [4.69, 9.17) is 0 Å². The van der Waals surface area contributed by atoms with Crippen molar-refractivity contribution in [2.75, 3.05) is 0 Å². The van der Waals surface area contributed by atoms with Gasteiger partial charge < -0.3 is 5.32 Å². The summed E-state index contributed by atoms with van der Waals surface area (Å²) in [6.07, 6.45) is 1.84. The Morgan fingerprint density at radius 2 is 2.00 bits per heavy atom. The monoisotopic (exact) mass is 266 g/mol. The highest BCUT2D eigenvalue weighted by molar-refractivity contribution is 5.81. The van der Waals surface area contributed by atoms with Crippen LogP contribution >= 0.6 is 0 Å². The Balaban J connectivity index is 1.73. The summed E-state index contributed by atoms with van der Waals surface area (Å²) >= 11 is 0. The van der Waals surface area contributed by atoms with Gasteiger partial charge in [0.15, 0.2) is 0 Å². The van der Waals surface area contributed by atoms with Crippen molar-refractivity contribution in [3.63, 3.8) is 0 Å². The number of hydrogen-bond acceptors (Lipinski definition) is 3. The molecule has 3 rings (SSSR count). The number of pyridine rings is 1. The summed E-state index contributed by atoms with van der Waals surface area (Å²) < 4.78 is 1.92. The molecule has 0 aliphatic carbocycles. The predicted octanol–water partition coefficient (Wildman–Crippen LogP) is 2.57. The van der Waals surface area contributed by atoms with E-state index in [0.29, 0.717) is 0 Å². The fourth-order valence-electron chi connectivity index (χ4n) is 2.46. The molecule has 4 heteroatoms. The standard InChI is InChI=1S/C16H18N4/c1-12-9-15(20(2)19-12)11-17-10-14-6-3-5-13-7-4-8-18-16(13)14/h3-9,17H,10-11H2,1-2H3. The van der Waals surface area contributed by atoms with E-state index in [2.05, 4.69) is 45.7 Å². The minimum Gasteiger partial charge on any atom is -0.307 e. The third-order valence-electron chi connectivity index (χ3n) is 3.44. The van der Waals surface area contributed by atoms with Crippen LogP contribution in [0.1, 0.15) is 17.0 Å². The zero-order chi connectivity index (χ0) is 13.9. The van der Waals surface area contributed by atoms with Gasteiger partial charge in [-0.05, 0) is 24.6 Å². The van der Waals surface area contributed by atoms with E-state index in [1.165, 1.54) is 16.6 Å². The summed E-state index contributed by atoms with van der Waals surface area (Å²) in [5.41, 5.74) is 4.54. The molecule has 0 fully saturated rings. The number of nitrogens with one attached hydrogen (secondary N) is 1. The fourth-order valence-corrected chi connectivity index (χ4v) is 2.46. The van der Waals surface area contributed by atoms with E-state index in [-0.39, 0.29) is 0 Å². The Morgan fingerprint density at radius 1 is 1.15 bits per heavy atom. The van der Waals surface area contributed by atoms with Gasteiger partial charge in [-0.3, -0.25) is 9.67 Å². The van der Waals surface area contributed by atoms with E-state index < -0.39 is 0 Å². The van der Waals surface area contributed by atoms with Gasteiger partial charge in [-0.25, -0.2) is 0 Å². The summed E-state index contributed by atoms with van der Waals surface area (Å²) in [5.74, 6) is 0. The molecule has 0 saturated carbocycles. The minimum atomic E-state index is 0.804. The van der Waals surface area contributed by atoms with Crippen molar-refractivity contribution < 1.29 is 0 Å². The largest absolute Gasteiger partial charge is 0.307 e. The lowest BCUT2D eigenvalue weighted by Gasteiger charge is -2.07. The van der Waals surface area contributed by atoms with Crippen molar-refractivity contribution in [3.8, 4) is 0 Å². The maximum absolute atomic E-state index is 4.47. The van der Waals surface area contributed by atoms with Crippen LogP contribution in [-0.2, 0) is 20.1 Å². The van der Waals surface area contributed by atoms with Crippen molar-refractivity contribution in [2.45, 2.75) is 20.0 Å². The van der Waals surface area contributed by atoms with Crippen LogP contribution in [0.5, 0.6) is 0 Å². The Bertz CT molecular complexity index is 725. The second kappa shape index (κ2) is 5.43. The number of para-hydroxylation sites is 1. The molecule has 1 N–H and O–H groups in total. The molecule has 1 aromatic carbocycles. The topological polar surface area (TPSA) is 42.7 Å². The first kappa shape index (κ1) is 12.8. The second-order valence-electron chi connectivity index (χ2n) is 5.00. The maximum atomic E-state index is 4.47. The highest BCUT2D eigenvalue weighted by Crippen LogP contribution is 2.15. The number of hydrogen-bond donors (Lipinski definition) is 1. The molecule has 0 atom stereocenters. The van der Waals surface area contributed by atoms with E-state index >= 15 is 0 Å².